The molecule has 0 aliphatic heterocycles. The van der Waals surface area contributed by atoms with Gasteiger partial charge in [0.25, 0.3) is 0 Å². The number of nitrogens with zero attached hydrogens (tertiary/aromatic N) is 1. The van der Waals surface area contributed by atoms with Crippen LogP contribution in [-0.2, 0) is 12.8 Å². The van der Waals surface area contributed by atoms with Gasteiger partial charge in [-0.1, -0.05) is 23.4 Å². The summed E-state index contributed by atoms with van der Waals surface area (Å²) >= 11 is 0. The van der Waals surface area contributed by atoms with Crippen LogP contribution in [0.25, 0.3) is 11.3 Å². The first kappa shape index (κ1) is 11.7. The molecule has 1 aromatic heterocycles. The van der Waals surface area contributed by atoms with E-state index in [-0.39, 0.29) is 17.0 Å². The molecular formula is C11H8F3NO2. The third-order valence-corrected chi connectivity index (χ3v) is 2.22. The highest BCUT2D eigenvalue weighted by Gasteiger charge is 2.33. The highest BCUT2D eigenvalue weighted by molar-refractivity contribution is 5.64. The van der Waals surface area contributed by atoms with Gasteiger partial charge >= 0.3 is 6.18 Å². The fraction of sp³-hybridized carbons (Fsp3) is 0.182. The average Bonchev–Trinajstić information content (AvgIpc) is 2.76. The molecule has 3 nitrogen and oxygen atoms in total. The second-order valence-corrected chi connectivity index (χ2v) is 3.38. The Morgan fingerprint density at radius 2 is 1.94 bits per heavy atom. The van der Waals surface area contributed by atoms with Crippen LogP contribution < -0.4 is 0 Å². The zero-order chi connectivity index (χ0) is 12.5. The Morgan fingerprint density at radius 1 is 1.24 bits per heavy atom. The number of aliphatic hydroxyl groups excluding tert-OH is 1. The Morgan fingerprint density at radius 3 is 2.53 bits per heavy atom. The van der Waals surface area contributed by atoms with E-state index in [9.17, 15) is 13.2 Å². The van der Waals surface area contributed by atoms with Gasteiger partial charge in [0.05, 0.1) is 5.56 Å². The summed E-state index contributed by atoms with van der Waals surface area (Å²) in [5.74, 6) is 0.122. The van der Waals surface area contributed by atoms with Crippen molar-refractivity contribution in [3.05, 3.63) is 41.7 Å². The molecule has 0 saturated heterocycles. The maximum absolute atomic E-state index is 12.7. The Balaban J connectivity index is 2.52. The minimum Gasteiger partial charge on any atom is -0.388 e. The normalized spacial score (nSPS) is 11.8. The Kier molecular flexibility index (Phi) is 2.89. The molecule has 0 bridgehead atoms. The van der Waals surface area contributed by atoms with Crippen LogP contribution in [0.15, 0.2) is 34.9 Å². The number of aromatic nitrogens is 1. The largest absolute Gasteiger partial charge is 0.417 e. The van der Waals surface area contributed by atoms with Crippen LogP contribution in [0.1, 0.15) is 11.3 Å². The summed E-state index contributed by atoms with van der Waals surface area (Å²) in [7, 11) is 0. The van der Waals surface area contributed by atoms with Gasteiger partial charge in [-0.2, -0.15) is 13.2 Å². The van der Waals surface area contributed by atoms with Crippen LogP contribution >= 0.6 is 0 Å². The number of aliphatic hydroxyl groups is 1. The summed E-state index contributed by atoms with van der Waals surface area (Å²) in [5, 5.41) is 12.3. The molecule has 0 aliphatic rings. The van der Waals surface area contributed by atoms with Crippen LogP contribution in [0.5, 0.6) is 0 Å². The molecule has 0 unspecified atom stereocenters. The zero-order valence-electron chi connectivity index (χ0n) is 8.53. The first-order chi connectivity index (χ1) is 8.02. The van der Waals surface area contributed by atoms with Crippen LogP contribution in [-0.4, -0.2) is 10.3 Å². The van der Waals surface area contributed by atoms with Crippen molar-refractivity contribution in [2.24, 2.45) is 0 Å². The lowest BCUT2D eigenvalue weighted by molar-refractivity contribution is -0.137. The SMILES string of the molecule is OCc1cc(-c2ccccc2C(F)(F)F)no1. The van der Waals surface area contributed by atoms with E-state index < -0.39 is 18.3 Å². The maximum Gasteiger partial charge on any atom is 0.417 e. The molecule has 0 amide bonds. The van der Waals surface area contributed by atoms with Crippen LogP contribution in [0, 0.1) is 0 Å². The lowest BCUT2D eigenvalue weighted by atomic mass is 10.0. The lowest BCUT2D eigenvalue weighted by Gasteiger charge is -2.10. The van der Waals surface area contributed by atoms with E-state index in [0.29, 0.717) is 0 Å². The highest BCUT2D eigenvalue weighted by Crippen LogP contribution is 2.36. The highest BCUT2D eigenvalue weighted by atomic mass is 19.4. The number of hydrogen-bond acceptors (Lipinski definition) is 3. The second kappa shape index (κ2) is 4.21. The standard InChI is InChI=1S/C11H8F3NO2/c12-11(13,14)9-4-2-1-3-8(9)10-5-7(6-16)17-15-10/h1-5,16H,6H2. The van der Waals surface area contributed by atoms with Crippen LogP contribution in [0.3, 0.4) is 0 Å². The summed E-state index contributed by atoms with van der Waals surface area (Å²) < 4.78 is 42.8. The summed E-state index contributed by atoms with van der Waals surface area (Å²) in [4.78, 5) is 0. The molecule has 0 radical (unpaired) electrons. The Bertz CT molecular complexity index is 519. The fourth-order valence-corrected chi connectivity index (χ4v) is 1.47. The molecule has 2 aromatic rings. The Labute approximate surface area is 94.5 Å². The zero-order valence-corrected chi connectivity index (χ0v) is 8.53. The number of alkyl halides is 3. The topological polar surface area (TPSA) is 46.3 Å². The molecule has 17 heavy (non-hydrogen) atoms. The van der Waals surface area contributed by atoms with E-state index in [1.165, 1.54) is 24.3 Å². The number of halogens is 3. The maximum atomic E-state index is 12.7. The quantitative estimate of drug-likeness (QED) is 0.882. The molecule has 0 atom stereocenters. The van der Waals surface area contributed by atoms with Gasteiger partial charge in [0, 0.05) is 11.6 Å². The van der Waals surface area contributed by atoms with E-state index >= 15 is 0 Å². The smallest absolute Gasteiger partial charge is 0.388 e. The third kappa shape index (κ3) is 2.31. The predicted octanol–water partition coefficient (Wildman–Crippen LogP) is 2.85. The third-order valence-electron chi connectivity index (χ3n) is 2.22. The van der Waals surface area contributed by atoms with Crippen LogP contribution in [0.4, 0.5) is 13.2 Å². The molecule has 0 saturated carbocycles. The minimum atomic E-state index is -4.45. The van der Waals surface area contributed by atoms with E-state index in [1.807, 2.05) is 0 Å². The number of hydrogen-bond donors (Lipinski definition) is 1. The van der Waals surface area contributed by atoms with Crippen molar-refractivity contribution < 1.29 is 22.8 Å². The molecule has 0 aliphatic carbocycles. The number of rotatable bonds is 2. The van der Waals surface area contributed by atoms with Gasteiger partial charge < -0.3 is 9.63 Å². The fourth-order valence-electron chi connectivity index (χ4n) is 1.47. The summed E-state index contributed by atoms with van der Waals surface area (Å²) in [6.45, 7) is -0.402. The second-order valence-electron chi connectivity index (χ2n) is 3.38. The van der Waals surface area contributed by atoms with E-state index in [4.69, 9.17) is 5.11 Å². The van der Waals surface area contributed by atoms with Crippen molar-refractivity contribution in [3.63, 3.8) is 0 Å². The van der Waals surface area contributed by atoms with Crippen LogP contribution in [0.2, 0.25) is 0 Å². The average molecular weight is 243 g/mol. The molecule has 1 N–H and O–H groups in total. The Hall–Kier alpha value is -1.82. The van der Waals surface area contributed by atoms with Gasteiger partial charge in [-0.25, -0.2) is 0 Å². The first-order valence-corrected chi connectivity index (χ1v) is 4.75. The van der Waals surface area contributed by atoms with Crippen molar-refractivity contribution >= 4 is 0 Å². The van der Waals surface area contributed by atoms with Crippen molar-refractivity contribution in [1.29, 1.82) is 0 Å². The van der Waals surface area contributed by atoms with Crippen molar-refractivity contribution in [1.82, 2.24) is 5.16 Å². The monoisotopic (exact) mass is 243 g/mol. The van der Waals surface area contributed by atoms with Crippen molar-refractivity contribution in [3.8, 4) is 11.3 Å². The molecule has 1 aromatic carbocycles. The first-order valence-electron chi connectivity index (χ1n) is 4.75. The molecule has 6 heteroatoms. The molecule has 0 spiro atoms. The van der Waals surface area contributed by atoms with E-state index in [0.717, 1.165) is 6.07 Å². The van der Waals surface area contributed by atoms with Gasteiger partial charge in [-0.3, -0.25) is 0 Å². The van der Waals surface area contributed by atoms with Gasteiger partial charge in [0.1, 0.15) is 12.3 Å². The van der Waals surface area contributed by atoms with Crippen molar-refractivity contribution in [2.45, 2.75) is 12.8 Å². The minimum absolute atomic E-state index is 0.0574. The summed E-state index contributed by atoms with van der Waals surface area (Å²) in [6.07, 6.45) is -4.45. The lowest BCUT2D eigenvalue weighted by Crippen LogP contribution is -2.06. The van der Waals surface area contributed by atoms with Crippen molar-refractivity contribution in [2.75, 3.05) is 0 Å². The van der Waals surface area contributed by atoms with Gasteiger partial charge in [0.15, 0.2) is 5.76 Å². The summed E-state index contributed by atoms with van der Waals surface area (Å²) in [6, 6.07) is 6.35. The van der Waals surface area contributed by atoms with Gasteiger partial charge in [-0.05, 0) is 6.07 Å². The van der Waals surface area contributed by atoms with E-state index in [1.54, 1.807) is 0 Å². The molecule has 0 fully saturated rings. The van der Waals surface area contributed by atoms with E-state index in [2.05, 4.69) is 9.68 Å². The molecule has 1 heterocycles. The molecule has 2 rings (SSSR count). The molecular weight excluding hydrogens is 235 g/mol. The molecule has 90 valence electrons. The van der Waals surface area contributed by atoms with Gasteiger partial charge in [0.2, 0.25) is 0 Å². The number of benzene rings is 1. The predicted molar refractivity (Wildman–Crippen MR) is 52.9 cm³/mol. The summed E-state index contributed by atoms with van der Waals surface area (Å²) in [5.41, 5.74) is -0.789. The van der Waals surface area contributed by atoms with Gasteiger partial charge in [-0.15, -0.1) is 0 Å².